The van der Waals surface area contributed by atoms with Gasteiger partial charge in [-0.2, -0.15) is 0 Å². The van der Waals surface area contributed by atoms with Crippen molar-refractivity contribution in [2.75, 3.05) is 7.11 Å². The molecule has 2 aliphatic rings. The summed E-state index contributed by atoms with van der Waals surface area (Å²) in [5.74, 6) is 0.941. The Kier molecular flexibility index (Phi) is 8.34. The van der Waals surface area contributed by atoms with Crippen LogP contribution in [0, 0.1) is 11.8 Å². The molecule has 1 fully saturated rings. The van der Waals surface area contributed by atoms with Crippen LogP contribution in [0.1, 0.15) is 93.2 Å². The number of amides is 1. The lowest BCUT2D eigenvalue weighted by molar-refractivity contribution is -0.133. The molecule has 1 spiro atoms. The first-order chi connectivity index (χ1) is 17.3. The number of unbranched alkanes of at least 4 members (excludes halogenated alkanes) is 1. The van der Waals surface area contributed by atoms with Crippen LogP contribution in [0.4, 0.5) is 0 Å². The highest BCUT2D eigenvalue weighted by molar-refractivity contribution is 9.10. The van der Waals surface area contributed by atoms with Gasteiger partial charge in [0.1, 0.15) is 11.4 Å². The van der Waals surface area contributed by atoms with E-state index in [0.717, 1.165) is 60.5 Å². The number of methoxy groups -OCH3 is 1. The SMILES string of the molecule is CCCC[C@H](c1ccc(C(=O)OC)cc1)N1C(=O)C(c2cccc(Br)c2)=NC12CCC(C(C)C)CC2. The smallest absolute Gasteiger partial charge is 0.337 e. The third kappa shape index (κ3) is 5.29. The molecule has 6 heteroatoms. The van der Waals surface area contributed by atoms with Crippen LogP contribution in [0.25, 0.3) is 0 Å². The van der Waals surface area contributed by atoms with Crippen molar-refractivity contribution in [3.05, 3.63) is 69.7 Å². The van der Waals surface area contributed by atoms with Crippen LogP contribution in [0.5, 0.6) is 0 Å². The van der Waals surface area contributed by atoms with Crippen LogP contribution >= 0.6 is 15.9 Å². The molecule has 0 unspecified atom stereocenters. The minimum Gasteiger partial charge on any atom is -0.465 e. The van der Waals surface area contributed by atoms with Crippen LogP contribution in [-0.4, -0.2) is 35.3 Å². The highest BCUT2D eigenvalue weighted by atomic mass is 79.9. The zero-order chi connectivity index (χ0) is 25.9. The largest absolute Gasteiger partial charge is 0.465 e. The highest BCUT2D eigenvalue weighted by Crippen LogP contribution is 2.48. The monoisotopic (exact) mass is 552 g/mol. The summed E-state index contributed by atoms with van der Waals surface area (Å²) in [6.07, 6.45) is 6.79. The molecule has 1 heterocycles. The Morgan fingerprint density at radius 2 is 1.86 bits per heavy atom. The maximum Gasteiger partial charge on any atom is 0.337 e. The number of rotatable bonds is 8. The van der Waals surface area contributed by atoms with Gasteiger partial charge in [-0.3, -0.25) is 9.79 Å². The summed E-state index contributed by atoms with van der Waals surface area (Å²) in [5.41, 5.74) is 2.45. The molecule has 4 rings (SSSR count). The maximum atomic E-state index is 14.2. The van der Waals surface area contributed by atoms with Gasteiger partial charge in [-0.25, -0.2) is 4.79 Å². The average Bonchev–Trinajstić information content (AvgIpc) is 3.16. The Balaban J connectivity index is 1.76. The van der Waals surface area contributed by atoms with E-state index in [9.17, 15) is 9.59 Å². The fourth-order valence-electron chi connectivity index (χ4n) is 5.79. The van der Waals surface area contributed by atoms with E-state index in [2.05, 4.69) is 41.6 Å². The second kappa shape index (κ2) is 11.3. The van der Waals surface area contributed by atoms with Gasteiger partial charge in [-0.1, -0.05) is 73.8 Å². The van der Waals surface area contributed by atoms with Crippen molar-refractivity contribution >= 4 is 33.5 Å². The molecule has 0 bridgehead atoms. The van der Waals surface area contributed by atoms with Gasteiger partial charge in [-0.15, -0.1) is 0 Å². The van der Waals surface area contributed by atoms with Crippen molar-refractivity contribution in [1.29, 1.82) is 0 Å². The molecule has 1 atom stereocenters. The summed E-state index contributed by atoms with van der Waals surface area (Å²) in [5, 5.41) is 0. The van der Waals surface area contributed by atoms with E-state index in [1.165, 1.54) is 7.11 Å². The Morgan fingerprint density at radius 3 is 2.44 bits per heavy atom. The minimum absolute atomic E-state index is 0.00856. The van der Waals surface area contributed by atoms with Gasteiger partial charge in [-0.05, 0) is 73.8 Å². The number of carbonyl (C=O) groups is 2. The molecule has 2 aromatic carbocycles. The van der Waals surface area contributed by atoms with E-state index in [4.69, 9.17) is 9.73 Å². The number of benzene rings is 2. The fourth-order valence-corrected chi connectivity index (χ4v) is 6.19. The molecule has 0 radical (unpaired) electrons. The van der Waals surface area contributed by atoms with E-state index in [0.29, 0.717) is 23.1 Å². The summed E-state index contributed by atoms with van der Waals surface area (Å²) in [6, 6.07) is 15.4. The molecule has 192 valence electrons. The average molecular weight is 554 g/mol. The summed E-state index contributed by atoms with van der Waals surface area (Å²) < 4.78 is 5.82. The van der Waals surface area contributed by atoms with E-state index < -0.39 is 5.66 Å². The Morgan fingerprint density at radius 1 is 1.17 bits per heavy atom. The number of hydrogen-bond donors (Lipinski definition) is 0. The third-order valence-corrected chi connectivity index (χ3v) is 8.41. The second-order valence-corrected chi connectivity index (χ2v) is 11.4. The quantitative estimate of drug-likeness (QED) is 0.322. The molecule has 1 aliphatic heterocycles. The van der Waals surface area contributed by atoms with Crippen molar-refractivity contribution in [1.82, 2.24) is 4.90 Å². The van der Waals surface area contributed by atoms with Crippen molar-refractivity contribution < 1.29 is 14.3 Å². The van der Waals surface area contributed by atoms with Gasteiger partial charge < -0.3 is 9.64 Å². The van der Waals surface area contributed by atoms with Crippen LogP contribution in [-0.2, 0) is 9.53 Å². The predicted molar refractivity (Wildman–Crippen MR) is 147 cm³/mol. The Hall–Kier alpha value is -2.47. The standard InChI is InChI=1S/C30H37BrN2O3/c1-5-6-10-26(22-11-13-23(14-12-22)29(35)36-4)33-28(34)27(24-8-7-9-25(31)19-24)32-30(33)17-15-21(16-18-30)20(2)3/h7-9,11-14,19-21,26H,5-6,10,15-18H2,1-4H3/t21?,26-,30?/m1/s1. The first kappa shape index (κ1) is 26.6. The van der Waals surface area contributed by atoms with Crippen LogP contribution in [0.2, 0.25) is 0 Å². The number of hydrogen-bond acceptors (Lipinski definition) is 4. The molecule has 1 amide bonds. The van der Waals surface area contributed by atoms with Crippen LogP contribution < -0.4 is 0 Å². The second-order valence-electron chi connectivity index (χ2n) is 10.5. The van der Waals surface area contributed by atoms with E-state index in [-0.39, 0.29) is 17.9 Å². The topological polar surface area (TPSA) is 59.0 Å². The molecule has 2 aromatic rings. The zero-order valence-corrected chi connectivity index (χ0v) is 23.4. The molecule has 0 saturated heterocycles. The zero-order valence-electron chi connectivity index (χ0n) is 21.8. The lowest BCUT2D eigenvalue weighted by atomic mass is 9.76. The summed E-state index contributed by atoms with van der Waals surface area (Å²) >= 11 is 3.56. The molecular weight excluding hydrogens is 516 g/mol. The normalized spacial score (nSPS) is 22.7. The van der Waals surface area contributed by atoms with Gasteiger partial charge in [0.05, 0.1) is 18.7 Å². The van der Waals surface area contributed by atoms with Crippen molar-refractivity contribution in [2.24, 2.45) is 16.8 Å². The van der Waals surface area contributed by atoms with Crippen molar-refractivity contribution in [2.45, 2.75) is 77.4 Å². The molecule has 0 aromatic heterocycles. The first-order valence-electron chi connectivity index (χ1n) is 13.2. The third-order valence-electron chi connectivity index (χ3n) is 7.92. The van der Waals surface area contributed by atoms with E-state index >= 15 is 0 Å². The molecule has 0 N–H and O–H groups in total. The summed E-state index contributed by atoms with van der Waals surface area (Å²) in [7, 11) is 1.39. The van der Waals surface area contributed by atoms with E-state index in [1.54, 1.807) is 12.1 Å². The lowest BCUT2D eigenvalue weighted by Gasteiger charge is -2.46. The fraction of sp³-hybridized carbons (Fsp3) is 0.500. The number of carbonyl (C=O) groups excluding carboxylic acids is 2. The van der Waals surface area contributed by atoms with E-state index in [1.807, 2.05) is 36.4 Å². The van der Waals surface area contributed by atoms with Crippen LogP contribution in [0.15, 0.2) is 58.0 Å². The van der Waals surface area contributed by atoms with Gasteiger partial charge in [0.25, 0.3) is 5.91 Å². The van der Waals surface area contributed by atoms with Crippen molar-refractivity contribution in [3.8, 4) is 0 Å². The molecule has 5 nitrogen and oxygen atoms in total. The number of nitrogens with zero attached hydrogens (tertiary/aromatic N) is 2. The van der Waals surface area contributed by atoms with Crippen LogP contribution in [0.3, 0.4) is 0 Å². The number of halogens is 1. The Labute approximate surface area is 223 Å². The minimum atomic E-state index is -0.528. The summed E-state index contributed by atoms with van der Waals surface area (Å²) in [6.45, 7) is 6.77. The number of ether oxygens (including phenoxy) is 1. The first-order valence-corrected chi connectivity index (χ1v) is 14.0. The van der Waals surface area contributed by atoms with Gasteiger partial charge >= 0.3 is 5.97 Å². The number of aliphatic imine (C=N–C) groups is 1. The molecular formula is C30H37BrN2O3. The number of esters is 1. The summed E-state index contributed by atoms with van der Waals surface area (Å²) in [4.78, 5) is 33.6. The molecule has 1 aliphatic carbocycles. The maximum absolute atomic E-state index is 14.2. The van der Waals surface area contributed by atoms with Gasteiger partial charge in [0.2, 0.25) is 0 Å². The van der Waals surface area contributed by atoms with Gasteiger partial charge in [0.15, 0.2) is 0 Å². The predicted octanol–water partition coefficient (Wildman–Crippen LogP) is 7.34. The van der Waals surface area contributed by atoms with Gasteiger partial charge in [0, 0.05) is 10.0 Å². The molecule has 36 heavy (non-hydrogen) atoms. The molecule has 1 saturated carbocycles. The lowest BCUT2D eigenvalue weighted by Crippen LogP contribution is -2.51. The highest BCUT2D eigenvalue weighted by Gasteiger charge is 2.51. The van der Waals surface area contributed by atoms with Crippen molar-refractivity contribution in [3.63, 3.8) is 0 Å². The Bertz CT molecular complexity index is 1120.